The molecule has 0 amide bonds. The molecule has 2 heterocycles. The highest BCUT2D eigenvalue weighted by atomic mass is 35.5. The van der Waals surface area contributed by atoms with Crippen LogP contribution in [0.3, 0.4) is 0 Å². The average molecular weight is 301 g/mol. The van der Waals surface area contributed by atoms with Gasteiger partial charge in [-0.3, -0.25) is 4.57 Å². The van der Waals surface area contributed by atoms with Gasteiger partial charge in [-0.1, -0.05) is 11.8 Å². The molecule has 0 aliphatic carbocycles. The van der Waals surface area contributed by atoms with Gasteiger partial charge in [0, 0.05) is 12.1 Å². The van der Waals surface area contributed by atoms with Crippen LogP contribution >= 0.6 is 23.4 Å². The SMILES string of the molecule is COc1cc2nc3n(c2cc1OC)C(O)(CCl)CS3. The quantitative estimate of drug-likeness (QED) is 0.879. The summed E-state index contributed by atoms with van der Waals surface area (Å²) in [5, 5.41) is 11.3. The molecule has 0 spiro atoms. The van der Waals surface area contributed by atoms with Gasteiger partial charge in [-0.2, -0.15) is 0 Å². The van der Waals surface area contributed by atoms with Crippen LogP contribution in [0.15, 0.2) is 17.3 Å². The first-order valence-electron chi connectivity index (χ1n) is 5.69. The van der Waals surface area contributed by atoms with Crippen LogP contribution in [0.1, 0.15) is 0 Å². The van der Waals surface area contributed by atoms with Crippen molar-refractivity contribution >= 4 is 34.4 Å². The number of benzene rings is 1. The number of ether oxygens (including phenoxy) is 2. The Morgan fingerprint density at radius 2 is 2.11 bits per heavy atom. The molecule has 0 fully saturated rings. The maximum atomic E-state index is 10.5. The highest BCUT2D eigenvalue weighted by Crippen LogP contribution is 2.42. The van der Waals surface area contributed by atoms with Gasteiger partial charge in [-0.05, 0) is 0 Å². The number of methoxy groups -OCH3 is 2. The zero-order valence-corrected chi connectivity index (χ0v) is 12.1. The Morgan fingerprint density at radius 1 is 1.42 bits per heavy atom. The fourth-order valence-corrected chi connectivity index (χ4v) is 3.70. The lowest BCUT2D eigenvalue weighted by Crippen LogP contribution is -2.34. The van der Waals surface area contributed by atoms with Crippen molar-refractivity contribution in [3.8, 4) is 11.5 Å². The van der Waals surface area contributed by atoms with E-state index in [4.69, 9.17) is 21.1 Å². The minimum Gasteiger partial charge on any atom is -0.493 e. The molecule has 0 bridgehead atoms. The van der Waals surface area contributed by atoms with E-state index in [-0.39, 0.29) is 5.88 Å². The summed E-state index contributed by atoms with van der Waals surface area (Å²) in [6, 6.07) is 3.61. The summed E-state index contributed by atoms with van der Waals surface area (Å²) in [5.74, 6) is 1.84. The number of thioether (sulfide) groups is 1. The van der Waals surface area contributed by atoms with Gasteiger partial charge in [0.15, 0.2) is 22.4 Å². The predicted octanol–water partition coefficient (Wildman–Crippen LogP) is 2.04. The second-order valence-corrected chi connectivity index (χ2v) is 5.54. The summed E-state index contributed by atoms with van der Waals surface area (Å²) in [6.45, 7) is 0. The summed E-state index contributed by atoms with van der Waals surface area (Å²) in [4.78, 5) is 4.49. The number of hydrogen-bond acceptors (Lipinski definition) is 5. The third kappa shape index (κ3) is 1.78. The van der Waals surface area contributed by atoms with E-state index in [0.717, 1.165) is 16.2 Å². The zero-order valence-electron chi connectivity index (χ0n) is 10.5. The number of aromatic nitrogens is 2. The van der Waals surface area contributed by atoms with Gasteiger partial charge < -0.3 is 14.6 Å². The Balaban J connectivity index is 2.28. The molecule has 0 radical (unpaired) electrons. The zero-order chi connectivity index (χ0) is 13.6. The van der Waals surface area contributed by atoms with Crippen LogP contribution in [0, 0.1) is 0 Å². The topological polar surface area (TPSA) is 56.5 Å². The molecule has 7 heteroatoms. The Labute approximate surface area is 119 Å². The average Bonchev–Trinajstić information content (AvgIpc) is 2.95. The smallest absolute Gasteiger partial charge is 0.171 e. The van der Waals surface area contributed by atoms with E-state index in [2.05, 4.69) is 4.98 Å². The standard InChI is InChI=1S/C12H13ClN2O3S/c1-17-9-3-7-8(4-10(9)18-2)15-11(14-7)19-6-12(15,16)5-13/h3-4,16H,5-6H2,1-2H3. The Morgan fingerprint density at radius 3 is 2.74 bits per heavy atom. The van der Waals surface area contributed by atoms with Crippen molar-refractivity contribution in [2.24, 2.45) is 0 Å². The lowest BCUT2D eigenvalue weighted by molar-refractivity contribution is 0.0135. The van der Waals surface area contributed by atoms with Crippen LogP contribution in [0.5, 0.6) is 11.5 Å². The first-order valence-corrected chi connectivity index (χ1v) is 7.21. The van der Waals surface area contributed by atoms with Crippen LogP contribution in [0.25, 0.3) is 11.0 Å². The molecular formula is C12H13ClN2O3S. The van der Waals surface area contributed by atoms with E-state index >= 15 is 0 Å². The maximum Gasteiger partial charge on any atom is 0.171 e. The number of halogens is 1. The van der Waals surface area contributed by atoms with Gasteiger partial charge in [0.1, 0.15) is 0 Å². The molecule has 19 heavy (non-hydrogen) atoms. The molecule has 0 saturated carbocycles. The molecule has 102 valence electrons. The lowest BCUT2D eigenvalue weighted by Gasteiger charge is -2.22. The van der Waals surface area contributed by atoms with Gasteiger partial charge in [0.05, 0.1) is 36.9 Å². The van der Waals surface area contributed by atoms with E-state index in [9.17, 15) is 5.11 Å². The van der Waals surface area contributed by atoms with E-state index in [1.54, 1.807) is 24.9 Å². The molecule has 1 N–H and O–H groups in total. The minimum absolute atomic E-state index is 0.118. The van der Waals surface area contributed by atoms with Crippen molar-refractivity contribution in [1.29, 1.82) is 0 Å². The van der Waals surface area contributed by atoms with Crippen LogP contribution in [0.4, 0.5) is 0 Å². The molecule has 1 aliphatic rings. The van der Waals surface area contributed by atoms with Crippen LogP contribution < -0.4 is 9.47 Å². The summed E-state index contributed by atoms with van der Waals surface area (Å²) in [6.07, 6.45) is 0. The number of aliphatic hydroxyl groups is 1. The van der Waals surface area contributed by atoms with Gasteiger partial charge in [-0.25, -0.2) is 4.98 Å². The highest BCUT2D eigenvalue weighted by molar-refractivity contribution is 7.99. The molecule has 3 rings (SSSR count). The Bertz CT molecular complexity index is 645. The summed E-state index contributed by atoms with van der Waals surface area (Å²) in [7, 11) is 3.16. The molecule has 1 aromatic heterocycles. The largest absolute Gasteiger partial charge is 0.493 e. The number of imidazole rings is 1. The van der Waals surface area contributed by atoms with Gasteiger partial charge in [-0.15, -0.1) is 11.6 Å². The first kappa shape index (κ1) is 12.9. The lowest BCUT2D eigenvalue weighted by atomic mass is 10.2. The van der Waals surface area contributed by atoms with Gasteiger partial charge >= 0.3 is 0 Å². The summed E-state index contributed by atoms with van der Waals surface area (Å²) < 4.78 is 12.3. The molecule has 0 saturated heterocycles. The molecular weight excluding hydrogens is 288 g/mol. The minimum atomic E-state index is -1.10. The van der Waals surface area contributed by atoms with Crippen molar-refractivity contribution in [1.82, 2.24) is 9.55 Å². The van der Waals surface area contributed by atoms with Crippen LogP contribution in [-0.4, -0.2) is 40.5 Å². The summed E-state index contributed by atoms with van der Waals surface area (Å²) >= 11 is 7.39. The second kappa shape index (κ2) is 4.47. The Kier molecular flexibility index (Phi) is 3.03. The molecule has 1 aromatic carbocycles. The third-order valence-electron chi connectivity index (χ3n) is 3.19. The molecule has 5 nitrogen and oxygen atoms in total. The number of rotatable bonds is 3. The molecule has 1 aliphatic heterocycles. The van der Waals surface area contributed by atoms with Gasteiger partial charge in [0.2, 0.25) is 0 Å². The van der Waals surface area contributed by atoms with Crippen LogP contribution in [-0.2, 0) is 5.72 Å². The van der Waals surface area contributed by atoms with Gasteiger partial charge in [0.25, 0.3) is 0 Å². The first-order chi connectivity index (χ1) is 9.12. The van der Waals surface area contributed by atoms with Crippen molar-refractivity contribution in [2.45, 2.75) is 10.9 Å². The van der Waals surface area contributed by atoms with Crippen molar-refractivity contribution in [3.63, 3.8) is 0 Å². The number of fused-ring (bicyclic) bond motifs is 3. The van der Waals surface area contributed by atoms with Crippen molar-refractivity contribution < 1.29 is 14.6 Å². The van der Waals surface area contributed by atoms with Crippen LogP contribution in [0.2, 0.25) is 0 Å². The fourth-order valence-electron chi connectivity index (χ4n) is 2.22. The van der Waals surface area contributed by atoms with Crippen molar-refractivity contribution in [3.05, 3.63) is 12.1 Å². The highest BCUT2D eigenvalue weighted by Gasteiger charge is 2.39. The Hall–Kier alpha value is -1.11. The monoisotopic (exact) mass is 300 g/mol. The second-order valence-electron chi connectivity index (χ2n) is 4.33. The van der Waals surface area contributed by atoms with Crippen molar-refractivity contribution in [2.75, 3.05) is 25.9 Å². The summed E-state index contributed by atoms with van der Waals surface area (Å²) in [5.41, 5.74) is 0.444. The molecule has 1 unspecified atom stereocenters. The van der Waals surface area contributed by atoms with E-state index in [1.807, 2.05) is 6.07 Å². The predicted molar refractivity (Wildman–Crippen MR) is 74.5 cm³/mol. The van der Waals surface area contributed by atoms with E-state index in [0.29, 0.717) is 17.3 Å². The number of alkyl halides is 1. The maximum absolute atomic E-state index is 10.5. The number of nitrogens with zero attached hydrogens (tertiary/aromatic N) is 2. The van der Waals surface area contributed by atoms with E-state index in [1.165, 1.54) is 11.8 Å². The molecule has 2 aromatic rings. The van der Waals surface area contributed by atoms with E-state index < -0.39 is 5.72 Å². The fraction of sp³-hybridized carbons (Fsp3) is 0.417. The third-order valence-corrected chi connectivity index (χ3v) is 4.76. The normalized spacial score (nSPS) is 21.7. The molecule has 1 atom stereocenters. The number of hydrogen-bond donors (Lipinski definition) is 1.